The minimum atomic E-state index is -0.436. The predicted molar refractivity (Wildman–Crippen MR) is 87.3 cm³/mol. The average Bonchev–Trinajstić information content (AvgIpc) is 3.10. The summed E-state index contributed by atoms with van der Waals surface area (Å²) in [4.78, 5) is 25.6. The number of amides is 2. The molecule has 1 atom stereocenters. The Kier molecular flexibility index (Phi) is 4.33. The van der Waals surface area contributed by atoms with Crippen molar-refractivity contribution in [3.63, 3.8) is 0 Å². The third-order valence-corrected chi connectivity index (χ3v) is 4.25. The number of aromatic nitrogens is 2. The lowest BCUT2D eigenvalue weighted by Gasteiger charge is -2.13. The minimum absolute atomic E-state index is 0.215. The molecule has 0 spiro atoms. The zero-order valence-electron chi connectivity index (χ0n) is 12.4. The molecule has 1 aliphatic heterocycles. The maximum Gasteiger partial charge on any atom is 0.416 e. The molecule has 120 valence electrons. The van der Waals surface area contributed by atoms with Crippen LogP contribution in [-0.4, -0.2) is 41.0 Å². The van der Waals surface area contributed by atoms with Crippen LogP contribution in [-0.2, 0) is 11.8 Å². The summed E-state index contributed by atoms with van der Waals surface area (Å²) in [6.07, 6.45) is 0.780. The van der Waals surface area contributed by atoms with Gasteiger partial charge in [-0.3, -0.25) is 14.4 Å². The van der Waals surface area contributed by atoms with Gasteiger partial charge in [-0.1, -0.05) is 12.1 Å². The van der Waals surface area contributed by atoms with Gasteiger partial charge in [0.1, 0.15) is 11.9 Å². The number of nitrogens with one attached hydrogen (secondary N) is 1. The van der Waals surface area contributed by atoms with Crippen LogP contribution in [0.2, 0.25) is 0 Å². The summed E-state index contributed by atoms with van der Waals surface area (Å²) < 4.78 is 7.61. The number of nitrogens with zero attached hydrogens (tertiary/aromatic N) is 3. The van der Waals surface area contributed by atoms with E-state index in [9.17, 15) is 9.59 Å². The number of halogens is 1. The lowest BCUT2D eigenvalue weighted by molar-refractivity contribution is 0.0915. The Morgan fingerprint density at radius 3 is 2.91 bits per heavy atom. The number of carbonyl (C=O) groups excluding carboxylic acids is 2. The average molecular weight is 379 g/mol. The molecule has 2 heterocycles. The molecular weight excluding hydrogens is 364 g/mol. The normalized spacial score (nSPS) is 17.2. The van der Waals surface area contributed by atoms with E-state index in [-0.39, 0.29) is 12.5 Å². The van der Waals surface area contributed by atoms with Crippen molar-refractivity contribution in [2.45, 2.75) is 6.10 Å². The number of hydrogen-bond donors (Lipinski definition) is 1. The molecule has 1 N–H and O–H groups in total. The second-order valence-corrected chi connectivity index (χ2v) is 5.97. The summed E-state index contributed by atoms with van der Waals surface area (Å²) in [7, 11) is 1.75. The first-order valence-corrected chi connectivity index (χ1v) is 7.84. The van der Waals surface area contributed by atoms with Gasteiger partial charge in [0, 0.05) is 17.6 Å². The number of ether oxygens (including phenoxy) is 1. The van der Waals surface area contributed by atoms with Crippen LogP contribution in [0.1, 0.15) is 10.4 Å². The second kappa shape index (κ2) is 6.41. The molecule has 3 rings (SSSR count). The van der Waals surface area contributed by atoms with Crippen LogP contribution in [0.4, 0.5) is 10.6 Å². The van der Waals surface area contributed by atoms with E-state index in [1.807, 2.05) is 6.07 Å². The van der Waals surface area contributed by atoms with Crippen molar-refractivity contribution in [3.8, 4) is 0 Å². The van der Waals surface area contributed by atoms with Gasteiger partial charge < -0.3 is 10.1 Å². The highest BCUT2D eigenvalue weighted by Gasteiger charge is 2.34. The van der Waals surface area contributed by atoms with Gasteiger partial charge in [-0.15, -0.1) is 0 Å². The Bertz CT molecular complexity index is 746. The molecular formula is C15H15BrN4O3. The van der Waals surface area contributed by atoms with Crippen LogP contribution in [0.3, 0.4) is 0 Å². The molecule has 1 aromatic carbocycles. The van der Waals surface area contributed by atoms with Crippen LogP contribution in [0.15, 0.2) is 41.0 Å². The van der Waals surface area contributed by atoms with Crippen LogP contribution in [0.25, 0.3) is 0 Å². The van der Waals surface area contributed by atoms with Gasteiger partial charge >= 0.3 is 6.09 Å². The summed E-state index contributed by atoms with van der Waals surface area (Å²) in [6, 6.07) is 8.89. The van der Waals surface area contributed by atoms with Gasteiger partial charge in [-0.25, -0.2) is 4.79 Å². The monoisotopic (exact) mass is 378 g/mol. The van der Waals surface area contributed by atoms with Gasteiger partial charge in [0.25, 0.3) is 5.91 Å². The Labute approximate surface area is 141 Å². The quantitative estimate of drug-likeness (QED) is 0.881. The van der Waals surface area contributed by atoms with Crippen molar-refractivity contribution in [2.24, 2.45) is 7.05 Å². The molecule has 1 fully saturated rings. The van der Waals surface area contributed by atoms with Gasteiger partial charge in [0.15, 0.2) is 0 Å². The van der Waals surface area contributed by atoms with Crippen LogP contribution in [0, 0.1) is 0 Å². The fourth-order valence-electron chi connectivity index (χ4n) is 2.39. The summed E-state index contributed by atoms with van der Waals surface area (Å²) in [5.41, 5.74) is 0.542. The Hall–Kier alpha value is -2.35. The fourth-order valence-corrected chi connectivity index (χ4v) is 2.86. The van der Waals surface area contributed by atoms with E-state index in [1.54, 1.807) is 42.2 Å². The first kappa shape index (κ1) is 15.5. The number of anilines is 1. The highest BCUT2D eigenvalue weighted by Crippen LogP contribution is 2.20. The zero-order valence-corrected chi connectivity index (χ0v) is 14.0. The lowest BCUT2D eigenvalue weighted by atomic mass is 10.2. The third kappa shape index (κ3) is 3.21. The first-order valence-electron chi connectivity index (χ1n) is 7.05. The summed E-state index contributed by atoms with van der Waals surface area (Å²) in [5.74, 6) is 0.446. The molecule has 0 saturated carbocycles. The number of benzene rings is 1. The first-order chi connectivity index (χ1) is 11.1. The van der Waals surface area contributed by atoms with Crippen molar-refractivity contribution in [3.05, 3.63) is 46.6 Å². The number of hydrogen-bond acceptors (Lipinski definition) is 4. The minimum Gasteiger partial charge on any atom is -0.442 e. The summed E-state index contributed by atoms with van der Waals surface area (Å²) in [6.45, 7) is 0.620. The number of carbonyl (C=O) groups is 2. The number of cyclic esters (lactones) is 1. The smallest absolute Gasteiger partial charge is 0.416 e. The molecule has 1 aromatic heterocycles. The predicted octanol–water partition coefficient (Wildman–Crippen LogP) is 1.94. The molecule has 0 radical (unpaired) electrons. The molecule has 7 nitrogen and oxygen atoms in total. The second-order valence-electron chi connectivity index (χ2n) is 5.12. The van der Waals surface area contributed by atoms with Crippen LogP contribution >= 0.6 is 15.9 Å². The third-order valence-electron chi connectivity index (χ3n) is 3.55. The van der Waals surface area contributed by atoms with Gasteiger partial charge in [0.05, 0.1) is 24.8 Å². The SMILES string of the molecule is Cn1nccc1N1CC(CNC(=O)c2ccccc2Br)OC1=O. The molecule has 0 bridgehead atoms. The molecule has 1 unspecified atom stereocenters. The maximum absolute atomic E-state index is 12.2. The molecule has 2 aromatic rings. The van der Waals surface area contributed by atoms with Gasteiger partial charge in [-0.05, 0) is 28.1 Å². The van der Waals surface area contributed by atoms with Crippen LogP contribution < -0.4 is 10.2 Å². The van der Waals surface area contributed by atoms with Crippen molar-refractivity contribution in [2.75, 3.05) is 18.0 Å². The van der Waals surface area contributed by atoms with E-state index < -0.39 is 12.2 Å². The van der Waals surface area contributed by atoms with E-state index in [2.05, 4.69) is 26.3 Å². The van der Waals surface area contributed by atoms with Crippen molar-refractivity contribution >= 4 is 33.7 Å². The zero-order chi connectivity index (χ0) is 16.4. The summed E-state index contributed by atoms with van der Waals surface area (Å²) in [5, 5.41) is 6.82. The molecule has 1 aliphatic rings. The van der Waals surface area contributed by atoms with E-state index in [4.69, 9.17) is 4.74 Å². The Morgan fingerprint density at radius 2 is 2.22 bits per heavy atom. The molecule has 0 aliphatic carbocycles. The lowest BCUT2D eigenvalue weighted by Crippen LogP contribution is -2.35. The topological polar surface area (TPSA) is 76.5 Å². The summed E-state index contributed by atoms with van der Waals surface area (Å²) >= 11 is 3.34. The Balaban J connectivity index is 1.60. The van der Waals surface area contributed by atoms with E-state index >= 15 is 0 Å². The van der Waals surface area contributed by atoms with Gasteiger partial charge in [-0.2, -0.15) is 5.10 Å². The molecule has 2 amide bonds. The molecule has 8 heteroatoms. The van der Waals surface area contributed by atoms with Crippen molar-refractivity contribution in [1.82, 2.24) is 15.1 Å². The van der Waals surface area contributed by atoms with Gasteiger partial charge in [0.2, 0.25) is 0 Å². The van der Waals surface area contributed by atoms with Crippen molar-refractivity contribution < 1.29 is 14.3 Å². The maximum atomic E-state index is 12.2. The highest BCUT2D eigenvalue weighted by molar-refractivity contribution is 9.10. The van der Waals surface area contributed by atoms with E-state index in [1.165, 1.54) is 4.90 Å². The van der Waals surface area contributed by atoms with E-state index in [0.717, 1.165) is 4.47 Å². The highest BCUT2D eigenvalue weighted by atomic mass is 79.9. The molecule has 1 saturated heterocycles. The largest absolute Gasteiger partial charge is 0.442 e. The number of rotatable bonds is 4. The fraction of sp³-hybridized carbons (Fsp3) is 0.267. The number of aryl methyl sites for hydroxylation is 1. The van der Waals surface area contributed by atoms with Crippen LogP contribution in [0.5, 0.6) is 0 Å². The molecule has 23 heavy (non-hydrogen) atoms. The Morgan fingerprint density at radius 1 is 1.43 bits per heavy atom. The van der Waals surface area contributed by atoms with Crippen molar-refractivity contribution in [1.29, 1.82) is 0 Å². The standard InChI is InChI=1S/C15H15BrN4O3/c1-19-13(6-7-18-19)20-9-10(23-15(20)22)8-17-14(21)11-4-2-3-5-12(11)16/h2-7,10H,8-9H2,1H3,(H,17,21). The van der Waals surface area contributed by atoms with E-state index in [0.29, 0.717) is 17.9 Å².